The maximum absolute atomic E-state index is 4.60. The van der Waals surface area contributed by atoms with Crippen molar-refractivity contribution in [2.45, 2.75) is 180 Å². The summed E-state index contributed by atoms with van der Waals surface area (Å²) >= 11 is 0. The van der Waals surface area contributed by atoms with Gasteiger partial charge in [-0.15, -0.1) is 37.0 Å². The second kappa shape index (κ2) is 1030. The summed E-state index contributed by atoms with van der Waals surface area (Å²) in [5.41, 5.74) is 0. The molecule has 0 fully saturated rings. The zero-order valence-corrected chi connectivity index (χ0v) is 31.6. The molecule has 0 rings (SSSR count). The molecule has 246 valence electrons. The van der Waals surface area contributed by atoms with E-state index in [1.165, 1.54) is 25.7 Å². The molecule has 37 heavy (non-hydrogen) atoms. The van der Waals surface area contributed by atoms with Crippen LogP contribution in [0.25, 0.3) is 0 Å². The van der Waals surface area contributed by atoms with Crippen molar-refractivity contribution >= 4 is 0 Å². The van der Waals surface area contributed by atoms with Gasteiger partial charge in [-0.1, -0.05) is 159 Å². The third-order valence-electron chi connectivity index (χ3n) is 0.250. The van der Waals surface area contributed by atoms with Crippen molar-refractivity contribution < 1.29 is 21.1 Å². The summed E-state index contributed by atoms with van der Waals surface area (Å²) in [6.07, 6.45) is 17.6. The fourth-order valence-electron chi connectivity index (χ4n) is 0. The average Bonchev–Trinajstić information content (AvgIpc) is 2.78. The van der Waals surface area contributed by atoms with Gasteiger partial charge in [0.2, 0.25) is 0 Å². The summed E-state index contributed by atoms with van der Waals surface area (Å²) in [7, 11) is 0. The summed E-state index contributed by atoms with van der Waals surface area (Å²) in [5.74, 6) is 7.61. The van der Waals surface area contributed by atoms with Crippen molar-refractivity contribution in [3.05, 3.63) is 29.7 Å². The molecular weight excluding hydrogens is 627 g/mol. The largest absolute Gasteiger partial charge is 4.00 e. The van der Waals surface area contributed by atoms with Crippen LogP contribution in [-0.2, 0) is 21.1 Å². The van der Waals surface area contributed by atoms with Gasteiger partial charge >= 0.3 is 21.1 Å². The standard InChI is InChI=1S/C4H6.4C3H8.C3H4.4C2H6.C2H2.3CH4.4CH3.Pt/c1-3-4-2;5*1-3-2;5*1-2;;;;;;;;/h1-2H3;4*3H2,1-2H3;1H,2H3;4*1-2H3;1-2H;3*1H4;4*1H3;/q;;;;;;;;;;;;;;4*-1;+4. The van der Waals surface area contributed by atoms with Crippen LogP contribution in [-0.4, -0.2) is 0 Å². The number of hydrogen-bond acceptors (Lipinski definition) is 0. The summed E-state index contributed by atoms with van der Waals surface area (Å²) < 4.78 is 0. The molecule has 0 aliphatic rings. The van der Waals surface area contributed by atoms with Crippen LogP contribution >= 0.6 is 0 Å². The first kappa shape index (κ1) is 151. The smallest absolute Gasteiger partial charge is 0.358 e. The molecule has 0 atom stereocenters. The third-order valence-corrected chi connectivity index (χ3v) is 0.250. The number of terminal acetylenes is 2. The molecule has 0 unspecified atom stereocenters. The second-order valence-electron chi connectivity index (χ2n) is 3.62. The van der Waals surface area contributed by atoms with Gasteiger partial charge in [0.1, 0.15) is 0 Å². The van der Waals surface area contributed by atoms with Gasteiger partial charge in [-0.05, 0) is 20.8 Å². The van der Waals surface area contributed by atoms with E-state index in [0.717, 1.165) is 0 Å². The molecule has 0 heterocycles. The molecule has 0 radical (unpaired) electrons. The minimum atomic E-state index is 0. The third kappa shape index (κ3) is 290000. The Labute approximate surface area is 266 Å². The van der Waals surface area contributed by atoms with Crippen LogP contribution < -0.4 is 0 Å². The molecule has 0 aromatic rings. The minimum Gasteiger partial charge on any atom is -0.358 e. The van der Waals surface area contributed by atoms with Crippen LogP contribution in [0.2, 0.25) is 0 Å². The van der Waals surface area contributed by atoms with E-state index in [4.69, 9.17) is 0 Å². The number of hydrogen-bond donors (Lipinski definition) is 0. The molecule has 0 amide bonds. The van der Waals surface area contributed by atoms with E-state index < -0.39 is 0 Å². The van der Waals surface area contributed by atoms with Crippen LogP contribution in [0.15, 0.2) is 0 Å². The van der Waals surface area contributed by atoms with Gasteiger partial charge in [0.05, 0.1) is 0 Å². The summed E-state index contributed by atoms with van der Waals surface area (Å²) in [6, 6.07) is 0. The molecule has 0 aromatic heterocycles. The van der Waals surface area contributed by atoms with Crippen LogP contribution in [0.3, 0.4) is 0 Å². The van der Waals surface area contributed by atoms with Gasteiger partial charge in [-0.3, -0.25) is 0 Å². The molecule has 0 aliphatic carbocycles. The Hall–Kier alpha value is -0.632. The van der Waals surface area contributed by atoms with E-state index in [-0.39, 0.29) is 73.1 Å². The Morgan fingerprint density at radius 2 is 0.432 bits per heavy atom. The van der Waals surface area contributed by atoms with Crippen molar-refractivity contribution in [1.29, 1.82) is 0 Å². The quantitative estimate of drug-likeness (QED) is 0.173. The van der Waals surface area contributed by atoms with Gasteiger partial charge in [0.15, 0.2) is 0 Å². The molecule has 0 saturated carbocycles. The molecule has 0 spiro atoms. The summed E-state index contributed by atoms with van der Waals surface area (Å²) in [4.78, 5) is 0. The van der Waals surface area contributed by atoms with Crippen LogP contribution in [0, 0.1) is 66.7 Å². The molecule has 0 nitrogen and oxygen atoms in total. The van der Waals surface area contributed by atoms with Crippen molar-refractivity contribution in [2.24, 2.45) is 0 Å². The van der Waals surface area contributed by atoms with Crippen molar-refractivity contribution in [3.8, 4) is 37.0 Å². The molecule has 0 N–H and O–H groups in total. The molecule has 0 bridgehead atoms. The topological polar surface area (TPSA) is 0 Å². The first-order chi connectivity index (χ1) is 14.0. The fourth-order valence-corrected chi connectivity index (χ4v) is 0. The monoisotopic (exact) mass is 720 g/mol. The van der Waals surface area contributed by atoms with Crippen LogP contribution in [0.1, 0.15) is 180 Å². The van der Waals surface area contributed by atoms with E-state index in [1.54, 1.807) is 6.92 Å². The molecule has 0 aromatic carbocycles. The van der Waals surface area contributed by atoms with E-state index in [1.807, 2.05) is 69.2 Å². The van der Waals surface area contributed by atoms with Crippen LogP contribution in [0.4, 0.5) is 0 Å². The SMILES string of the molecule is C.C.C.C#C.C#CC.CC.CC.CC.CC.CC#CC.CCC.CCC.CCC.CCC.[CH3-].[CH3-].[CH3-].[CH3-].[Pt+4]. The second-order valence-corrected chi connectivity index (χ2v) is 3.62. The predicted octanol–water partition coefficient (Wildman–Crippen LogP) is 15.4. The minimum absolute atomic E-state index is 0. The summed E-state index contributed by atoms with van der Waals surface area (Å²) in [5, 5.41) is 0. The Bertz CT molecular complexity index is 160. The van der Waals surface area contributed by atoms with Crippen LogP contribution in [0.5, 0.6) is 0 Å². The maximum atomic E-state index is 4.60. The average molecular weight is 720 g/mol. The van der Waals surface area contributed by atoms with E-state index >= 15 is 0 Å². The van der Waals surface area contributed by atoms with Crippen molar-refractivity contribution in [2.75, 3.05) is 0 Å². The van der Waals surface area contributed by atoms with E-state index in [9.17, 15) is 0 Å². The Balaban J connectivity index is -0.00000000559. The predicted molar refractivity (Wildman–Crippen MR) is 199 cm³/mol. The molecule has 0 aliphatic heterocycles. The van der Waals surface area contributed by atoms with Crippen molar-refractivity contribution in [3.63, 3.8) is 0 Å². The van der Waals surface area contributed by atoms with Gasteiger partial charge in [0, 0.05) is 0 Å². The van der Waals surface area contributed by atoms with E-state index in [0.29, 0.717) is 0 Å². The molecular formula is C36H92Pt. The Kier molecular flexibility index (Phi) is 4200. The number of rotatable bonds is 0. The zero-order chi connectivity index (χ0) is 26.9. The maximum Gasteiger partial charge on any atom is 4.00 e. The molecule has 1 heteroatoms. The fraction of sp³-hybridized carbons (Fsp3) is 0.722. The normalized spacial score (nSPS) is 3.24. The van der Waals surface area contributed by atoms with Gasteiger partial charge in [0.25, 0.3) is 0 Å². The first-order valence-corrected chi connectivity index (χ1v) is 12.0. The molecule has 0 saturated heterocycles. The Morgan fingerprint density at radius 3 is 0.432 bits per heavy atom. The zero-order valence-electron chi connectivity index (χ0n) is 29.4. The first-order valence-electron chi connectivity index (χ1n) is 12.0. The summed E-state index contributed by atoms with van der Waals surface area (Å²) in [6.45, 7) is 38.3. The van der Waals surface area contributed by atoms with Gasteiger partial charge < -0.3 is 29.7 Å². The van der Waals surface area contributed by atoms with E-state index in [2.05, 4.69) is 92.4 Å². The van der Waals surface area contributed by atoms with Gasteiger partial charge in [-0.2, -0.15) is 0 Å². The van der Waals surface area contributed by atoms with Gasteiger partial charge in [-0.25, -0.2) is 0 Å². The van der Waals surface area contributed by atoms with Crippen molar-refractivity contribution in [1.82, 2.24) is 0 Å². The Morgan fingerprint density at radius 1 is 0.405 bits per heavy atom.